The van der Waals surface area contributed by atoms with E-state index >= 15 is 0 Å². The third kappa shape index (κ3) is 4.24. The van der Waals surface area contributed by atoms with Crippen molar-refractivity contribution < 1.29 is 17.9 Å². The maximum absolute atomic E-state index is 13.4. The summed E-state index contributed by atoms with van der Waals surface area (Å²) < 4.78 is 33.9. The lowest BCUT2D eigenvalue weighted by molar-refractivity contribution is -0.122. The van der Waals surface area contributed by atoms with Crippen molar-refractivity contribution in [2.24, 2.45) is 0 Å². The van der Waals surface area contributed by atoms with Crippen LogP contribution in [0.1, 0.15) is 12.5 Å². The predicted octanol–water partition coefficient (Wildman–Crippen LogP) is 4.50. The molecule has 1 heterocycles. The molecule has 0 radical (unpaired) electrons. The first-order chi connectivity index (χ1) is 14.9. The molecule has 0 aromatic heterocycles. The normalized spacial score (nSPS) is 15.7. The van der Waals surface area contributed by atoms with Gasteiger partial charge in [0.25, 0.3) is 15.9 Å². The van der Waals surface area contributed by atoms with E-state index in [4.69, 9.17) is 16.3 Å². The number of aryl methyl sites for hydroxylation is 1. The van der Waals surface area contributed by atoms with Crippen LogP contribution in [0.25, 0.3) is 0 Å². The van der Waals surface area contributed by atoms with E-state index in [-0.39, 0.29) is 11.4 Å². The maximum Gasteiger partial charge on any atom is 0.267 e. The Kier molecular flexibility index (Phi) is 5.89. The van der Waals surface area contributed by atoms with E-state index in [0.29, 0.717) is 22.1 Å². The van der Waals surface area contributed by atoms with Crippen LogP contribution in [0.15, 0.2) is 77.7 Å². The Morgan fingerprint density at radius 1 is 1.06 bits per heavy atom. The van der Waals surface area contributed by atoms with Gasteiger partial charge in [-0.2, -0.15) is 0 Å². The minimum atomic E-state index is -3.93. The summed E-state index contributed by atoms with van der Waals surface area (Å²) in [4.78, 5) is 13.1. The Bertz CT molecular complexity index is 1210. The van der Waals surface area contributed by atoms with Crippen LogP contribution in [0.2, 0.25) is 5.02 Å². The fourth-order valence-electron chi connectivity index (χ4n) is 3.46. The van der Waals surface area contributed by atoms with Crippen LogP contribution in [-0.2, 0) is 21.2 Å². The summed E-state index contributed by atoms with van der Waals surface area (Å²) in [6.45, 7) is 1.85. The fraction of sp³-hybridized carbons (Fsp3) is 0.174. The number of ether oxygens (including phenoxy) is 1. The molecule has 4 rings (SSSR count). The summed E-state index contributed by atoms with van der Waals surface area (Å²) in [7, 11) is -3.93. The van der Waals surface area contributed by atoms with E-state index in [1.165, 1.54) is 28.6 Å². The van der Waals surface area contributed by atoms with Crippen molar-refractivity contribution in [3.05, 3.63) is 83.4 Å². The number of carbonyl (C=O) groups excluding carboxylic acids is 1. The van der Waals surface area contributed by atoms with Crippen LogP contribution < -0.4 is 14.4 Å². The van der Waals surface area contributed by atoms with Gasteiger partial charge in [0, 0.05) is 10.7 Å². The lowest BCUT2D eigenvalue weighted by Gasteiger charge is -2.34. The van der Waals surface area contributed by atoms with Crippen LogP contribution in [0.4, 0.5) is 11.4 Å². The van der Waals surface area contributed by atoms with Crippen LogP contribution >= 0.6 is 11.6 Å². The average Bonchev–Trinajstić information content (AvgIpc) is 2.79. The van der Waals surface area contributed by atoms with Gasteiger partial charge in [0.15, 0.2) is 6.10 Å². The molecular formula is C23H21ClN2O4S. The van der Waals surface area contributed by atoms with Crippen molar-refractivity contribution in [1.29, 1.82) is 0 Å². The van der Waals surface area contributed by atoms with Gasteiger partial charge in [-0.05, 0) is 54.4 Å². The standard InChI is InChI=1S/C23H21ClN2O4S/c1-2-16-7-3-4-8-19(16)25-23(27)22-15-26(20-9-5-6-10-21(20)30-22)31(28,29)18-13-11-17(24)12-14-18/h3-14,22H,2,15H2,1H3,(H,25,27). The molecule has 1 N–H and O–H groups in total. The third-order valence-electron chi connectivity index (χ3n) is 5.09. The lowest BCUT2D eigenvalue weighted by Crippen LogP contribution is -2.48. The summed E-state index contributed by atoms with van der Waals surface area (Å²) in [5.41, 5.74) is 2.05. The zero-order valence-corrected chi connectivity index (χ0v) is 18.4. The molecule has 0 fully saturated rings. The summed E-state index contributed by atoms with van der Waals surface area (Å²) in [6.07, 6.45) is -0.260. The van der Waals surface area contributed by atoms with Gasteiger partial charge in [0.1, 0.15) is 5.75 Å². The second kappa shape index (κ2) is 8.61. The minimum Gasteiger partial charge on any atom is -0.476 e. The van der Waals surface area contributed by atoms with Crippen molar-refractivity contribution in [1.82, 2.24) is 0 Å². The predicted molar refractivity (Wildman–Crippen MR) is 121 cm³/mol. The molecule has 160 valence electrons. The molecule has 31 heavy (non-hydrogen) atoms. The van der Waals surface area contributed by atoms with E-state index in [1.54, 1.807) is 24.3 Å². The molecule has 1 atom stereocenters. The lowest BCUT2D eigenvalue weighted by atomic mass is 10.1. The molecule has 1 amide bonds. The monoisotopic (exact) mass is 456 g/mol. The highest BCUT2D eigenvalue weighted by Crippen LogP contribution is 2.37. The minimum absolute atomic E-state index is 0.0871. The number of para-hydroxylation sites is 3. The van der Waals surface area contributed by atoms with E-state index in [9.17, 15) is 13.2 Å². The van der Waals surface area contributed by atoms with Gasteiger partial charge >= 0.3 is 0 Å². The van der Waals surface area contributed by atoms with E-state index in [1.807, 2.05) is 31.2 Å². The number of nitrogens with one attached hydrogen (secondary N) is 1. The molecule has 0 saturated heterocycles. The summed E-state index contributed by atoms with van der Waals surface area (Å²) in [5.74, 6) is -0.0816. The zero-order chi connectivity index (χ0) is 22.0. The largest absolute Gasteiger partial charge is 0.476 e. The van der Waals surface area contributed by atoms with Crippen LogP contribution in [-0.4, -0.2) is 27.0 Å². The number of halogens is 1. The smallest absolute Gasteiger partial charge is 0.267 e. The summed E-state index contributed by atoms with van der Waals surface area (Å²) >= 11 is 5.91. The highest BCUT2D eigenvalue weighted by molar-refractivity contribution is 7.92. The van der Waals surface area contributed by atoms with Gasteiger partial charge in [0.05, 0.1) is 17.1 Å². The molecule has 0 bridgehead atoms. The Morgan fingerprint density at radius 2 is 1.74 bits per heavy atom. The Balaban J connectivity index is 1.67. The number of amides is 1. The van der Waals surface area contributed by atoms with Crippen molar-refractivity contribution in [2.75, 3.05) is 16.2 Å². The number of benzene rings is 3. The van der Waals surface area contributed by atoms with E-state index in [0.717, 1.165) is 12.0 Å². The van der Waals surface area contributed by atoms with Crippen molar-refractivity contribution in [3.63, 3.8) is 0 Å². The molecular weight excluding hydrogens is 436 g/mol. The van der Waals surface area contributed by atoms with Crippen molar-refractivity contribution >= 4 is 38.9 Å². The van der Waals surface area contributed by atoms with Crippen LogP contribution in [0.3, 0.4) is 0 Å². The van der Waals surface area contributed by atoms with Crippen LogP contribution in [0.5, 0.6) is 5.75 Å². The highest BCUT2D eigenvalue weighted by atomic mass is 35.5. The number of hydrogen-bond donors (Lipinski definition) is 1. The second-order valence-electron chi connectivity index (χ2n) is 7.06. The summed E-state index contributed by atoms with van der Waals surface area (Å²) in [5, 5.41) is 3.32. The number of fused-ring (bicyclic) bond motifs is 1. The quantitative estimate of drug-likeness (QED) is 0.613. The number of carbonyl (C=O) groups is 1. The third-order valence-corrected chi connectivity index (χ3v) is 7.13. The van der Waals surface area contributed by atoms with Gasteiger partial charge < -0.3 is 10.1 Å². The Labute approximate surface area is 186 Å². The van der Waals surface area contributed by atoms with Crippen LogP contribution in [0, 0.1) is 0 Å². The molecule has 0 saturated carbocycles. The van der Waals surface area contributed by atoms with Crippen molar-refractivity contribution in [3.8, 4) is 5.75 Å². The topological polar surface area (TPSA) is 75.7 Å². The van der Waals surface area contributed by atoms with Gasteiger partial charge in [-0.3, -0.25) is 9.10 Å². The molecule has 1 aliphatic heterocycles. The molecule has 1 aliphatic rings. The maximum atomic E-state index is 13.4. The molecule has 0 aliphatic carbocycles. The first-order valence-corrected chi connectivity index (χ1v) is 11.6. The highest BCUT2D eigenvalue weighted by Gasteiger charge is 2.37. The number of anilines is 2. The molecule has 3 aromatic carbocycles. The Morgan fingerprint density at radius 3 is 2.48 bits per heavy atom. The first kappa shape index (κ1) is 21.2. The fourth-order valence-corrected chi connectivity index (χ4v) is 5.07. The summed E-state index contributed by atoms with van der Waals surface area (Å²) in [6, 6.07) is 20.2. The number of hydrogen-bond acceptors (Lipinski definition) is 4. The van der Waals surface area contributed by atoms with Crippen molar-refractivity contribution in [2.45, 2.75) is 24.3 Å². The van der Waals surface area contributed by atoms with Gasteiger partial charge in [-0.15, -0.1) is 0 Å². The number of sulfonamides is 1. The molecule has 8 heteroatoms. The Hall–Kier alpha value is -3.03. The zero-order valence-electron chi connectivity index (χ0n) is 16.8. The first-order valence-electron chi connectivity index (χ1n) is 9.83. The SMILES string of the molecule is CCc1ccccc1NC(=O)C1CN(S(=O)(=O)c2ccc(Cl)cc2)c2ccccc2O1. The van der Waals surface area contributed by atoms with E-state index < -0.39 is 22.0 Å². The van der Waals surface area contributed by atoms with Gasteiger partial charge in [-0.25, -0.2) is 8.42 Å². The number of nitrogens with zero attached hydrogens (tertiary/aromatic N) is 1. The second-order valence-corrected chi connectivity index (χ2v) is 9.36. The molecule has 6 nitrogen and oxygen atoms in total. The van der Waals surface area contributed by atoms with Gasteiger partial charge in [0.2, 0.25) is 0 Å². The number of rotatable bonds is 5. The molecule has 1 unspecified atom stereocenters. The average molecular weight is 457 g/mol. The van der Waals surface area contributed by atoms with Gasteiger partial charge in [-0.1, -0.05) is 48.9 Å². The molecule has 0 spiro atoms. The van der Waals surface area contributed by atoms with E-state index in [2.05, 4.69) is 5.32 Å². The molecule has 3 aromatic rings.